The highest BCUT2D eigenvalue weighted by atomic mass is 35.5. The Labute approximate surface area is 94.1 Å². The first-order valence-electron chi connectivity index (χ1n) is 5.27. The predicted octanol–water partition coefficient (Wildman–Crippen LogP) is 3.92. The third-order valence-corrected chi connectivity index (χ3v) is 3.21. The Balaban J connectivity index is 2.33. The van der Waals surface area contributed by atoms with Gasteiger partial charge in [-0.05, 0) is 35.2 Å². The van der Waals surface area contributed by atoms with Gasteiger partial charge in [-0.25, -0.2) is 0 Å². The van der Waals surface area contributed by atoms with Crippen LogP contribution in [0.5, 0.6) is 0 Å². The topological polar surface area (TPSA) is 12.9 Å². The standard InChI is InChI=1S/C13H12ClN/c1-7(2)13-11-6-9(11)10-5-8(14)3-4-12(10)15-13/h3-5,7H,6H2,1-2H3. The summed E-state index contributed by atoms with van der Waals surface area (Å²) in [5.74, 6) is 0.515. The summed E-state index contributed by atoms with van der Waals surface area (Å²) < 4.78 is 0. The molecule has 0 saturated heterocycles. The third kappa shape index (κ3) is 1.34. The molecule has 1 aliphatic carbocycles. The highest BCUT2D eigenvalue weighted by Gasteiger charge is 2.26. The fraction of sp³-hybridized carbons (Fsp3) is 0.308. The van der Waals surface area contributed by atoms with Gasteiger partial charge in [0.05, 0.1) is 5.52 Å². The Hall–Kier alpha value is -1.08. The van der Waals surface area contributed by atoms with Crippen LogP contribution in [-0.2, 0) is 6.42 Å². The molecule has 0 aliphatic heterocycles. The minimum Gasteiger partial charge on any atom is -0.252 e. The predicted molar refractivity (Wildman–Crippen MR) is 63.6 cm³/mol. The van der Waals surface area contributed by atoms with Crippen molar-refractivity contribution in [3.05, 3.63) is 40.0 Å². The van der Waals surface area contributed by atoms with Crippen molar-refractivity contribution in [1.29, 1.82) is 0 Å². The molecule has 0 unspecified atom stereocenters. The van der Waals surface area contributed by atoms with Gasteiger partial charge in [-0.1, -0.05) is 25.4 Å². The van der Waals surface area contributed by atoms with E-state index >= 15 is 0 Å². The van der Waals surface area contributed by atoms with Crippen LogP contribution in [0.1, 0.15) is 36.6 Å². The number of aromatic nitrogens is 1. The quantitative estimate of drug-likeness (QED) is 0.602. The first-order valence-corrected chi connectivity index (χ1v) is 5.65. The Morgan fingerprint density at radius 2 is 2.07 bits per heavy atom. The van der Waals surface area contributed by atoms with Crippen molar-refractivity contribution in [1.82, 2.24) is 4.98 Å². The fourth-order valence-corrected chi connectivity index (χ4v) is 2.33. The zero-order valence-electron chi connectivity index (χ0n) is 8.84. The van der Waals surface area contributed by atoms with E-state index in [0.717, 1.165) is 17.0 Å². The van der Waals surface area contributed by atoms with Crippen molar-refractivity contribution >= 4 is 22.5 Å². The van der Waals surface area contributed by atoms with Crippen LogP contribution < -0.4 is 0 Å². The molecule has 2 aromatic rings. The van der Waals surface area contributed by atoms with E-state index in [9.17, 15) is 0 Å². The molecule has 15 heavy (non-hydrogen) atoms. The van der Waals surface area contributed by atoms with Gasteiger partial charge in [-0.3, -0.25) is 4.98 Å². The van der Waals surface area contributed by atoms with Crippen LogP contribution in [-0.4, -0.2) is 4.98 Å². The lowest BCUT2D eigenvalue weighted by Crippen LogP contribution is -1.92. The molecule has 0 fully saturated rings. The van der Waals surface area contributed by atoms with Gasteiger partial charge in [0.15, 0.2) is 0 Å². The normalized spacial score (nSPS) is 13.3. The molecule has 0 radical (unpaired) electrons. The zero-order chi connectivity index (χ0) is 10.6. The lowest BCUT2D eigenvalue weighted by Gasteiger charge is -2.05. The number of hydrogen-bond donors (Lipinski definition) is 0. The van der Waals surface area contributed by atoms with Gasteiger partial charge in [-0.15, -0.1) is 0 Å². The van der Waals surface area contributed by atoms with Crippen LogP contribution in [0.15, 0.2) is 18.2 Å². The fourth-order valence-electron chi connectivity index (χ4n) is 2.16. The number of nitrogens with zero attached hydrogens (tertiary/aromatic N) is 1. The van der Waals surface area contributed by atoms with Crippen LogP contribution in [0.4, 0.5) is 0 Å². The van der Waals surface area contributed by atoms with E-state index in [4.69, 9.17) is 16.6 Å². The second kappa shape index (κ2) is 2.96. The van der Waals surface area contributed by atoms with E-state index in [1.807, 2.05) is 18.2 Å². The molecular formula is C13H12ClN. The van der Waals surface area contributed by atoms with Crippen LogP contribution in [0.25, 0.3) is 10.9 Å². The van der Waals surface area contributed by atoms with Crippen LogP contribution in [0, 0.1) is 0 Å². The highest BCUT2D eigenvalue weighted by molar-refractivity contribution is 6.31. The van der Waals surface area contributed by atoms with E-state index in [-0.39, 0.29) is 0 Å². The first kappa shape index (κ1) is 9.17. The summed E-state index contributed by atoms with van der Waals surface area (Å²) in [4.78, 5) is 4.71. The second-order valence-corrected chi connectivity index (χ2v) is 4.88. The molecule has 1 aromatic heterocycles. The maximum absolute atomic E-state index is 5.99. The number of fused-ring (bicyclic) bond motifs is 3. The van der Waals surface area contributed by atoms with Crippen molar-refractivity contribution in [3.8, 4) is 0 Å². The summed E-state index contributed by atoms with van der Waals surface area (Å²) in [6.45, 7) is 4.39. The molecular weight excluding hydrogens is 206 g/mol. The average molecular weight is 218 g/mol. The third-order valence-electron chi connectivity index (χ3n) is 2.97. The van der Waals surface area contributed by atoms with Gasteiger partial charge in [0, 0.05) is 22.5 Å². The van der Waals surface area contributed by atoms with Crippen LogP contribution in [0.2, 0.25) is 5.02 Å². The molecule has 2 heteroatoms. The maximum Gasteiger partial charge on any atom is 0.0709 e. The maximum atomic E-state index is 5.99. The molecule has 0 N–H and O–H groups in total. The SMILES string of the molecule is CC(C)c1nc2ccc(Cl)cc2c2c1C2. The minimum absolute atomic E-state index is 0.515. The molecule has 0 spiro atoms. The Morgan fingerprint density at radius 1 is 1.27 bits per heavy atom. The number of hydrogen-bond acceptors (Lipinski definition) is 1. The van der Waals surface area contributed by atoms with E-state index in [0.29, 0.717) is 5.92 Å². The second-order valence-electron chi connectivity index (χ2n) is 4.45. The largest absolute Gasteiger partial charge is 0.252 e. The summed E-state index contributed by atoms with van der Waals surface area (Å²) in [7, 11) is 0. The Bertz CT molecular complexity index is 558. The molecule has 76 valence electrons. The van der Waals surface area contributed by atoms with Gasteiger partial charge in [0.2, 0.25) is 0 Å². The summed E-state index contributed by atoms with van der Waals surface area (Å²) in [5, 5.41) is 2.04. The van der Waals surface area contributed by atoms with Crippen molar-refractivity contribution in [2.45, 2.75) is 26.2 Å². The minimum atomic E-state index is 0.515. The molecule has 1 heterocycles. The monoisotopic (exact) mass is 217 g/mol. The van der Waals surface area contributed by atoms with Crippen molar-refractivity contribution in [3.63, 3.8) is 0 Å². The molecule has 1 nitrogen and oxygen atoms in total. The first-order chi connectivity index (χ1) is 7.16. The van der Waals surface area contributed by atoms with E-state index < -0.39 is 0 Å². The average Bonchev–Trinajstić information content (AvgIpc) is 2.96. The lowest BCUT2D eigenvalue weighted by atomic mass is 10.1. The Morgan fingerprint density at radius 3 is 2.80 bits per heavy atom. The van der Waals surface area contributed by atoms with Gasteiger partial charge in [-0.2, -0.15) is 0 Å². The molecule has 0 amide bonds. The van der Waals surface area contributed by atoms with Gasteiger partial charge < -0.3 is 0 Å². The van der Waals surface area contributed by atoms with Gasteiger partial charge >= 0.3 is 0 Å². The molecule has 1 aromatic carbocycles. The van der Waals surface area contributed by atoms with E-state index in [2.05, 4.69) is 13.8 Å². The summed E-state index contributed by atoms with van der Waals surface area (Å²) >= 11 is 5.99. The number of rotatable bonds is 1. The summed E-state index contributed by atoms with van der Waals surface area (Å²) in [6.07, 6.45) is 1.10. The van der Waals surface area contributed by atoms with Gasteiger partial charge in [0.25, 0.3) is 0 Å². The van der Waals surface area contributed by atoms with Crippen LogP contribution in [0.3, 0.4) is 0 Å². The number of halogens is 1. The number of benzene rings is 1. The zero-order valence-corrected chi connectivity index (χ0v) is 9.60. The van der Waals surface area contributed by atoms with Crippen molar-refractivity contribution < 1.29 is 0 Å². The Kier molecular flexibility index (Phi) is 1.81. The van der Waals surface area contributed by atoms with Crippen molar-refractivity contribution in [2.75, 3.05) is 0 Å². The molecule has 0 atom stereocenters. The lowest BCUT2D eigenvalue weighted by molar-refractivity contribution is 0.827. The molecule has 0 bridgehead atoms. The molecule has 3 rings (SSSR count). The van der Waals surface area contributed by atoms with Crippen LogP contribution >= 0.6 is 11.6 Å². The molecule has 1 aliphatic rings. The highest BCUT2D eigenvalue weighted by Crippen LogP contribution is 2.40. The van der Waals surface area contributed by atoms with E-state index in [1.165, 1.54) is 22.2 Å². The summed E-state index contributed by atoms with van der Waals surface area (Å²) in [6, 6.07) is 5.96. The van der Waals surface area contributed by atoms with Gasteiger partial charge in [0.1, 0.15) is 0 Å². The smallest absolute Gasteiger partial charge is 0.0709 e. The molecule has 0 saturated carbocycles. The van der Waals surface area contributed by atoms with E-state index in [1.54, 1.807) is 0 Å². The number of pyridine rings is 1. The summed E-state index contributed by atoms with van der Waals surface area (Å²) in [5.41, 5.74) is 5.24. The van der Waals surface area contributed by atoms with Crippen molar-refractivity contribution in [2.24, 2.45) is 0 Å².